The number of benzene rings is 2. The maximum Gasteiger partial charge on any atom is 0.341 e. The van der Waals surface area contributed by atoms with E-state index in [1.807, 2.05) is 31.2 Å². The molecule has 1 aromatic heterocycles. The van der Waals surface area contributed by atoms with Crippen molar-refractivity contribution < 1.29 is 23.4 Å². The number of methoxy groups -OCH3 is 2. The molecule has 3 aromatic rings. The fraction of sp³-hybridized carbons (Fsp3) is 0.200. The molecule has 0 spiro atoms. The average molecular weight is 353 g/mol. The van der Waals surface area contributed by atoms with Crippen LogP contribution >= 0.6 is 0 Å². The first-order valence-corrected chi connectivity index (χ1v) is 8.01. The van der Waals surface area contributed by atoms with Gasteiger partial charge in [-0.05, 0) is 19.1 Å². The summed E-state index contributed by atoms with van der Waals surface area (Å²) in [6.07, 6.45) is 1.65. The summed E-state index contributed by atoms with van der Waals surface area (Å²) in [4.78, 5) is 16.1. The maximum absolute atomic E-state index is 11.9. The lowest BCUT2D eigenvalue weighted by molar-refractivity contribution is 0.0595. The van der Waals surface area contributed by atoms with Crippen LogP contribution in [-0.4, -0.2) is 25.2 Å². The molecule has 2 aromatic carbocycles. The zero-order valence-corrected chi connectivity index (χ0v) is 14.8. The van der Waals surface area contributed by atoms with E-state index in [2.05, 4.69) is 4.98 Å². The number of oxazole rings is 1. The number of hydrogen-bond acceptors (Lipinski definition) is 6. The molecule has 6 nitrogen and oxygen atoms in total. The van der Waals surface area contributed by atoms with Crippen LogP contribution < -0.4 is 9.47 Å². The van der Waals surface area contributed by atoms with E-state index in [-0.39, 0.29) is 6.61 Å². The zero-order chi connectivity index (χ0) is 18.5. The van der Waals surface area contributed by atoms with Gasteiger partial charge in [-0.25, -0.2) is 9.78 Å². The van der Waals surface area contributed by atoms with Crippen LogP contribution in [0.4, 0.5) is 0 Å². The Morgan fingerprint density at radius 3 is 2.58 bits per heavy atom. The molecule has 0 aliphatic rings. The number of ether oxygens (including phenoxy) is 3. The number of nitrogens with zero attached hydrogens (tertiary/aromatic N) is 1. The van der Waals surface area contributed by atoms with Gasteiger partial charge in [-0.2, -0.15) is 0 Å². The molecule has 134 valence electrons. The van der Waals surface area contributed by atoms with Gasteiger partial charge >= 0.3 is 5.97 Å². The van der Waals surface area contributed by atoms with Gasteiger partial charge in [0.1, 0.15) is 17.1 Å². The molecule has 0 atom stereocenters. The highest BCUT2D eigenvalue weighted by atomic mass is 16.5. The molecule has 0 N–H and O–H groups in total. The molecule has 0 aliphatic carbocycles. The minimum atomic E-state index is -0.490. The Hall–Kier alpha value is -3.28. The van der Waals surface area contributed by atoms with Crippen molar-refractivity contribution in [1.82, 2.24) is 4.98 Å². The molecule has 0 unspecified atom stereocenters. The van der Waals surface area contributed by atoms with E-state index in [4.69, 9.17) is 18.6 Å². The van der Waals surface area contributed by atoms with Crippen LogP contribution in [0.15, 0.2) is 53.1 Å². The summed E-state index contributed by atoms with van der Waals surface area (Å²) >= 11 is 0. The van der Waals surface area contributed by atoms with Gasteiger partial charge in [0.05, 0.1) is 20.4 Å². The molecule has 3 rings (SSSR count). The molecular weight excluding hydrogens is 334 g/mol. The van der Waals surface area contributed by atoms with Crippen LogP contribution in [0.1, 0.15) is 21.8 Å². The van der Waals surface area contributed by atoms with Gasteiger partial charge < -0.3 is 18.6 Å². The summed E-state index contributed by atoms with van der Waals surface area (Å²) in [6.45, 7) is 2.10. The molecule has 6 heteroatoms. The van der Waals surface area contributed by atoms with E-state index < -0.39 is 5.97 Å². The first kappa shape index (κ1) is 17.5. The molecule has 0 aliphatic heterocycles. The third-order valence-electron chi connectivity index (χ3n) is 3.83. The standard InChI is InChI=1S/C20H19NO5/c1-13-4-6-14(7-5-13)18-11-21-19(26-18)12-25-17-10-15(23-2)8-9-16(17)20(22)24-3/h4-11H,12H2,1-3H3. The second kappa shape index (κ2) is 7.74. The normalized spacial score (nSPS) is 10.4. The third-order valence-corrected chi connectivity index (χ3v) is 3.83. The highest BCUT2D eigenvalue weighted by Crippen LogP contribution is 2.27. The van der Waals surface area contributed by atoms with Gasteiger partial charge in [0.2, 0.25) is 5.89 Å². The maximum atomic E-state index is 11.9. The lowest BCUT2D eigenvalue weighted by Gasteiger charge is -2.10. The fourth-order valence-corrected chi connectivity index (χ4v) is 2.40. The number of carbonyl (C=O) groups excluding carboxylic acids is 1. The van der Waals surface area contributed by atoms with E-state index in [0.29, 0.717) is 28.7 Å². The van der Waals surface area contributed by atoms with Gasteiger partial charge in [0.15, 0.2) is 12.4 Å². The van der Waals surface area contributed by atoms with Crippen molar-refractivity contribution in [3.8, 4) is 22.8 Å². The van der Waals surface area contributed by atoms with Crippen LogP contribution in [-0.2, 0) is 11.3 Å². The molecule has 0 bridgehead atoms. The van der Waals surface area contributed by atoms with Crippen LogP contribution in [0, 0.1) is 6.92 Å². The van der Waals surface area contributed by atoms with Crippen LogP contribution in [0.3, 0.4) is 0 Å². The summed E-state index contributed by atoms with van der Waals surface area (Å²) in [7, 11) is 2.86. The Morgan fingerprint density at radius 1 is 1.12 bits per heavy atom. The Balaban J connectivity index is 1.77. The highest BCUT2D eigenvalue weighted by Gasteiger charge is 2.15. The van der Waals surface area contributed by atoms with Crippen molar-refractivity contribution in [3.63, 3.8) is 0 Å². The van der Waals surface area contributed by atoms with Crippen molar-refractivity contribution in [2.24, 2.45) is 0 Å². The zero-order valence-electron chi connectivity index (χ0n) is 14.8. The quantitative estimate of drug-likeness (QED) is 0.623. The van der Waals surface area contributed by atoms with E-state index >= 15 is 0 Å². The smallest absolute Gasteiger partial charge is 0.341 e. The Morgan fingerprint density at radius 2 is 1.88 bits per heavy atom. The second-order valence-corrected chi connectivity index (χ2v) is 5.63. The number of rotatable bonds is 6. The third kappa shape index (κ3) is 3.85. The number of carbonyl (C=O) groups is 1. The summed E-state index contributed by atoms with van der Waals surface area (Å²) in [5.74, 6) is 1.48. The van der Waals surface area contributed by atoms with Crippen molar-refractivity contribution in [2.45, 2.75) is 13.5 Å². The van der Waals surface area contributed by atoms with Gasteiger partial charge in [-0.1, -0.05) is 29.8 Å². The first-order valence-electron chi connectivity index (χ1n) is 8.01. The summed E-state index contributed by atoms with van der Waals surface area (Å²) < 4.78 is 21.4. The van der Waals surface area contributed by atoms with Gasteiger partial charge in [0, 0.05) is 11.6 Å². The molecule has 0 fully saturated rings. The van der Waals surface area contributed by atoms with Crippen LogP contribution in [0.2, 0.25) is 0 Å². The molecular formula is C20H19NO5. The van der Waals surface area contributed by atoms with E-state index in [1.54, 1.807) is 31.5 Å². The number of esters is 1. The second-order valence-electron chi connectivity index (χ2n) is 5.63. The molecule has 0 radical (unpaired) electrons. The Kier molecular flexibility index (Phi) is 5.22. The SMILES string of the molecule is COC(=O)c1ccc(OC)cc1OCc1ncc(-c2ccc(C)cc2)o1. The van der Waals surface area contributed by atoms with Gasteiger partial charge in [0.25, 0.3) is 0 Å². The molecule has 0 saturated carbocycles. The Bertz CT molecular complexity index is 899. The molecule has 0 amide bonds. The largest absolute Gasteiger partial charge is 0.497 e. The summed E-state index contributed by atoms with van der Waals surface area (Å²) in [5, 5.41) is 0. The summed E-state index contributed by atoms with van der Waals surface area (Å²) in [6, 6.07) is 12.8. The molecule has 26 heavy (non-hydrogen) atoms. The number of aromatic nitrogens is 1. The monoisotopic (exact) mass is 353 g/mol. The minimum absolute atomic E-state index is 0.0724. The molecule has 0 saturated heterocycles. The van der Waals surface area contributed by atoms with Crippen molar-refractivity contribution in [3.05, 3.63) is 65.7 Å². The van der Waals surface area contributed by atoms with Gasteiger partial charge in [-0.3, -0.25) is 0 Å². The Labute approximate surface area is 151 Å². The predicted octanol–water partition coefficient (Wildman–Crippen LogP) is 4.02. The predicted molar refractivity (Wildman–Crippen MR) is 95.3 cm³/mol. The lowest BCUT2D eigenvalue weighted by atomic mass is 10.1. The minimum Gasteiger partial charge on any atom is -0.497 e. The lowest BCUT2D eigenvalue weighted by Crippen LogP contribution is -2.06. The topological polar surface area (TPSA) is 70.8 Å². The van der Waals surface area contributed by atoms with Gasteiger partial charge in [-0.15, -0.1) is 0 Å². The van der Waals surface area contributed by atoms with E-state index in [0.717, 1.165) is 5.56 Å². The first-order chi connectivity index (χ1) is 12.6. The number of hydrogen-bond donors (Lipinski definition) is 0. The van der Waals surface area contributed by atoms with E-state index in [1.165, 1.54) is 12.7 Å². The van der Waals surface area contributed by atoms with Crippen LogP contribution in [0.5, 0.6) is 11.5 Å². The highest BCUT2D eigenvalue weighted by molar-refractivity contribution is 5.92. The average Bonchev–Trinajstić information content (AvgIpc) is 3.15. The van der Waals surface area contributed by atoms with Crippen molar-refractivity contribution in [2.75, 3.05) is 14.2 Å². The van der Waals surface area contributed by atoms with E-state index in [9.17, 15) is 4.79 Å². The fourth-order valence-electron chi connectivity index (χ4n) is 2.40. The molecule has 1 heterocycles. The van der Waals surface area contributed by atoms with Crippen molar-refractivity contribution in [1.29, 1.82) is 0 Å². The number of aryl methyl sites for hydroxylation is 1. The van der Waals surface area contributed by atoms with Crippen LogP contribution in [0.25, 0.3) is 11.3 Å². The summed E-state index contributed by atoms with van der Waals surface area (Å²) in [5.41, 5.74) is 2.41. The van der Waals surface area contributed by atoms with Crippen molar-refractivity contribution >= 4 is 5.97 Å².